The Bertz CT molecular complexity index is 471. The third-order valence-corrected chi connectivity index (χ3v) is 4.64. The molecule has 0 spiro atoms. The van der Waals surface area contributed by atoms with Crippen molar-refractivity contribution in [1.82, 2.24) is 9.88 Å². The Morgan fingerprint density at radius 1 is 1.38 bits per heavy atom. The molecule has 5 nitrogen and oxygen atoms in total. The van der Waals surface area contributed by atoms with Gasteiger partial charge < -0.3 is 15.5 Å². The summed E-state index contributed by atoms with van der Waals surface area (Å²) in [6.07, 6.45) is 2.72. The van der Waals surface area contributed by atoms with Crippen LogP contribution < -0.4 is 10.6 Å². The first-order valence-electron chi connectivity index (χ1n) is 7.43. The number of aromatic nitrogens is 1. The molecule has 116 valence electrons. The average Bonchev–Trinajstić information content (AvgIpc) is 2.53. The zero-order chi connectivity index (χ0) is 15.4. The standard InChI is InChI=1S/C15H23BrN4O/c1-3-11(2)14(17)15(21)20-8-6-19(7-9-20)13-5-4-12(16)10-18-13/h4-5,10-11,14H,3,6-9,17H2,1-2H3/t11-,14-/m0/s1. The number of carbonyl (C=O) groups excluding carboxylic acids is 1. The minimum atomic E-state index is -0.382. The van der Waals surface area contributed by atoms with Crippen molar-refractivity contribution in [1.29, 1.82) is 0 Å². The van der Waals surface area contributed by atoms with Gasteiger partial charge in [-0.1, -0.05) is 20.3 Å². The highest BCUT2D eigenvalue weighted by atomic mass is 79.9. The fraction of sp³-hybridized carbons (Fsp3) is 0.600. The number of hydrogen-bond acceptors (Lipinski definition) is 4. The molecule has 0 saturated carbocycles. The first-order chi connectivity index (χ1) is 10.0. The molecule has 1 aromatic heterocycles. The molecule has 1 aromatic rings. The molecule has 1 amide bonds. The molecule has 2 N–H and O–H groups in total. The molecular formula is C15H23BrN4O. The molecule has 21 heavy (non-hydrogen) atoms. The number of halogens is 1. The summed E-state index contributed by atoms with van der Waals surface area (Å²) in [6.45, 7) is 7.11. The first-order valence-corrected chi connectivity index (χ1v) is 8.23. The first kappa shape index (κ1) is 16.2. The SMILES string of the molecule is CC[C@H](C)[C@H](N)C(=O)N1CCN(c2ccc(Br)cn2)CC1. The van der Waals surface area contributed by atoms with Crippen molar-refractivity contribution in [3.05, 3.63) is 22.8 Å². The Balaban J connectivity index is 1.91. The summed E-state index contributed by atoms with van der Waals surface area (Å²) in [7, 11) is 0. The summed E-state index contributed by atoms with van der Waals surface area (Å²) in [6, 6.07) is 3.60. The van der Waals surface area contributed by atoms with Crippen LogP contribution in [0.2, 0.25) is 0 Å². The molecule has 2 heterocycles. The van der Waals surface area contributed by atoms with Gasteiger partial charge >= 0.3 is 0 Å². The van der Waals surface area contributed by atoms with E-state index in [1.807, 2.05) is 24.0 Å². The molecule has 1 saturated heterocycles. The minimum Gasteiger partial charge on any atom is -0.353 e. The van der Waals surface area contributed by atoms with Crippen molar-refractivity contribution in [3.63, 3.8) is 0 Å². The van der Waals surface area contributed by atoms with Crippen molar-refractivity contribution in [2.24, 2.45) is 11.7 Å². The van der Waals surface area contributed by atoms with Crippen LogP contribution in [0.5, 0.6) is 0 Å². The van der Waals surface area contributed by atoms with E-state index in [2.05, 4.69) is 32.7 Å². The molecule has 1 fully saturated rings. The number of pyridine rings is 1. The van der Waals surface area contributed by atoms with Gasteiger partial charge in [-0.25, -0.2) is 4.98 Å². The Morgan fingerprint density at radius 2 is 2.05 bits per heavy atom. The lowest BCUT2D eigenvalue weighted by Gasteiger charge is -2.37. The molecular weight excluding hydrogens is 332 g/mol. The fourth-order valence-corrected chi connectivity index (χ4v) is 2.65. The average molecular weight is 355 g/mol. The molecule has 0 bridgehead atoms. The van der Waals surface area contributed by atoms with Crippen molar-refractivity contribution in [2.75, 3.05) is 31.1 Å². The van der Waals surface area contributed by atoms with Crippen molar-refractivity contribution in [2.45, 2.75) is 26.3 Å². The van der Waals surface area contributed by atoms with Crippen LogP contribution in [-0.4, -0.2) is 48.0 Å². The zero-order valence-corrected chi connectivity index (χ0v) is 14.2. The van der Waals surface area contributed by atoms with Gasteiger partial charge in [0.05, 0.1) is 6.04 Å². The van der Waals surface area contributed by atoms with Crippen molar-refractivity contribution < 1.29 is 4.79 Å². The third-order valence-electron chi connectivity index (χ3n) is 4.17. The monoisotopic (exact) mass is 354 g/mol. The Labute approximate surface area is 134 Å². The van der Waals surface area contributed by atoms with Crippen LogP contribution in [0.3, 0.4) is 0 Å². The van der Waals surface area contributed by atoms with Crippen molar-refractivity contribution >= 4 is 27.7 Å². The minimum absolute atomic E-state index is 0.0766. The Morgan fingerprint density at radius 3 is 2.57 bits per heavy atom. The molecule has 1 aliphatic heterocycles. The van der Waals surface area contributed by atoms with Crippen LogP contribution >= 0.6 is 15.9 Å². The molecule has 0 aromatic carbocycles. The van der Waals surface area contributed by atoms with E-state index in [1.165, 1.54) is 0 Å². The van der Waals surface area contributed by atoms with E-state index in [0.717, 1.165) is 29.8 Å². The predicted molar refractivity (Wildman–Crippen MR) is 88.2 cm³/mol. The van der Waals surface area contributed by atoms with Gasteiger partial charge in [0, 0.05) is 36.8 Å². The lowest BCUT2D eigenvalue weighted by atomic mass is 9.98. The summed E-state index contributed by atoms with van der Waals surface area (Å²) in [5, 5.41) is 0. The number of carbonyl (C=O) groups is 1. The number of piperazine rings is 1. The van der Waals surface area contributed by atoms with Gasteiger partial charge in [0.15, 0.2) is 0 Å². The lowest BCUT2D eigenvalue weighted by molar-refractivity contribution is -0.134. The molecule has 0 unspecified atom stereocenters. The van der Waals surface area contributed by atoms with Gasteiger partial charge in [0.25, 0.3) is 0 Å². The highest BCUT2D eigenvalue weighted by Gasteiger charge is 2.28. The number of hydrogen-bond donors (Lipinski definition) is 1. The number of amides is 1. The topological polar surface area (TPSA) is 62.5 Å². The zero-order valence-electron chi connectivity index (χ0n) is 12.6. The third kappa shape index (κ3) is 3.95. The summed E-state index contributed by atoms with van der Waals surface area (Å²) in [5.74, 6) is 1.26. The normalized spacial score (nSPS) is 18.5. The van der Waals surface area contributed by atoms with Crippen molar-refractivity contribution in [3.8, 4) is 0 Å². The van der Waals surface area contributed by atoms with Crippen LogP contribution in [0.25, 0.3) is 0 Å². The number of rotatable bonds is 4. The van der Waals surface area contributed by atoms with E-state index in [9.17, 15) is 4.79 Å². The molecule has 2 atom stereocenters. The fourth-order valence-electron chi connectivity index (χ4n) is 2.42. The van der Waals surface area contributed by atoms with E-state index in [4.69, 9.17) is 5.73 Å². The summed E-state index contributed by atoms with van der Waals surface area (Å²) < 4.78 is 0.972. The maximum absolute atomic E-state index is 12.3. The second-order valence-electron chi connectivity index (χ2n) is 5.56. The van der Waals surface area contributed by atoms with E-state index >= 15 is 0 Å². The quantitative estimate of drug-likeness (QED) is 0.896. The van der Waals surface area contributed by atoms with Gasteiger partial charge in [0.2, 0.25) is 5.91 Å². The van der Waals surface area contributed by atoms with Gasteiger partial charge in [-0.2, -0.15) is 0 Å². The smallest absolute Gasteiger partial charge is 0.239 e. The van der Waals surface area contributed by atoms with Crippen LogP contribution in [0.4, 0.5) is 5.82 Å². The number of nitrogens with two attached hydrogens (primary N) is 1. The van der Waals surface area contributed by atoms with Crippen LogP contribution in [-0.2, 0) is 4.79 Å². The highest BCUT2D eigenvalue weighted by molar-refractivity contribution is 9.10. The lowest BCUT2D eigenvalue weighted by Crippen LogP contribution is -2.54. The van der Waals surface area contributed by atoms with Crippen LogP contribution in [0.1, 0.15) is 20.3 Å². The van der Waals surface area contributed by atoms with Crippen LogP contribution in [0.15, 0.2) is 22.8 Å². The predicted octanol–water partition coefficient (Wildman–Crippen LogP) is 1.87. The number of nitrogens with zero attached hydrogens (tertiary/aromatic N) is 3. The summed E-state index contributed by atoms with van der Waals surface area (Å²) >= 11 is 3.39. The van der Waals surface area contributed by atoms with E-state index < -0.39 is 0 Å². The second kappa shape index (κ2) is 7.22. The van der Waals surface area contributed by atoms with E-state index in [0.29, 0.717) is 13.1 Å². The van der Waals surface area contributed by atoms with Gasteiger partial charge in [-0.15, -0.1) is 0 Å². The van der Waals surface area contributed by atoms with Gasteiger partial charge in [-0.05, 0) is 34.0 Å². The highest BCUT2D eigenvalue weighted by Crippen LogP contribution is 2.17. The van der Waals surface area contributed by atoms with Gasteiger partial charge in [0.1, 0.15) is 5.82 Å². The molecule has 6 heteroatoms. The molecule has 0 radical (unpaired) electrons. The molecule has 2 rings (SSSR count). The van der Waals surface area contributed by atoms with Crippen LogP contribution in [0, 0.1) is 5.92 Å². The second-order valence-corrected chi connectivity index (χ2v) is 6.47. The largest absolute Gasteiger partial charge is 0.353 e. The molecule has 0 aliphatic carbocycles. The van der Waals surface area contributed by atoms with E-state index in [-0.39, 0.29) is 17.9 Å². The Kier molecular flexibility index (Phi) is 5.58. The van der Waals surface area contributed by atoms with E-state index in [1.54, 1.807) is 6.20 Å². The maximum atomic E-state index is 12.3. The van der Waals surface area contributed by atoms with Gasteiger partial charge in [-0.3, -0.25) is 4.79 Å². The summed E-state index contributed by atoms with van der Waals surface area (Å²) in [4.78, 5) is 20.8. The molecule has 1 aliphatic rings. The summed E-state index contributed by atoms with van der Waals surface area (Å²) in [5.41, 5.74) is 6.04. The maximum Gasteiger partial charge on any atom is 0.239 e. The number of anilines is 1. The Hall–Kier alpha value is -1.14.